The normalized spacial score (nSPS) is 25.1. The molecule has 0 amide bonds. The zero-order valence-electron chi connectivity index (χ0n) is 7.89. The molecule has 1 heterocycles. The first-order valence-corrected chi connectivity index (χ1v) is 4.19. The summed E-state index contributed by atoms with van der Waals surface area (Å²) in [5.74, 6) is 0. The Balaban J connectivity index is 2.67. The summed E-state index contributed by atoms with van der Waals surface area (Å²) in [6.07, 6.45) is 5.16. The van der Waals surface area contributed by atoms with E-state index in [-0.39, 0.29) is 0 Å². The van der Waals surface area contributed by atoms with Gasteiger partial charge in [-0.2, -0.15) is 0 Å². The highest BCUT2D eigenvalue weighted by Gasteiger charge is 2.24. The number of nitrogens with zero attached hydrogens (tertiary/aromatic N) is 1. The zero-order chi connectivity index (χ0) is 8.48. The second kappa shape index (κ2) is 2.80. The predicted octanol–water partition coefficient (Wildman–Crippen LogP) is 2.82. The predicted molar refractivity (Wildman–Crippen MR) is 50.1 cm³/mol. The van der Waals surface area contributed by atoms with Gasteiger partial charge in [0.25, 0.3) is 0 Å². The summed E-state index contributed by atoms with van der Waals surface area (Å²) in [6.45, 7) is 8.90. The lowest BCUT2D eigenvalue weighted by atomic mass is 9.83. The van der Waals surface area contributed by atoms with Gasteiger partial charge in [-0.05, 0) is 24.8 Å². The summed E-state index contributed by atoms with van der Waals surface area (Å²) in [5, 5.41) is 0. The minimum atomic E-state index is 0.312. The molecule has 0 saturated carbocycles. The van der Waals surface area contributed by atoms with Gasteiger partial charge in [-0.25, -0.2) is 0 Å². The molecule has 0 bridgehead atoms. The third-order valence-electron chi connectivity index (χ3n) is 2.14. The van der Waals surface area contributed by atoms with Gasteiger partial charge in [-0.3, -0.25) is 4.99 Å². The highest BCUT2D eigenvalue weighted by Crippen LogP contribution is 2.28. The van der Waals surface area contributed by atoms with E-state index < -0.39 is 0 Å². The number of hydrogen-bond acceptors (Lipinski definition) is 1. The molecule has 11 heavy (non-hydrogen) atoms. The van der Waals surface area contributed by atoms with Gasteiger partial charge in [0.05, 0.1) is 6.04 Å². The smallest absolute Gasteiger partial charge is 0.0584 e. The average Bonchev–Trinajstić information content (AvgIpc) is 1.86. The third kappa shape index (κ3) is 2.18. The zero-order valence-corrected chi connectivity index (χ0v) is 7.89. The van der Waals surface area contributed by atoms with E-state index >= 15 is 0 Å². The lowest BCUT2D eigenvalue weighted by Crippen LogP contribution is -2.26. The van der Waals surface area contributed by atoms with Crippen LogP contribution >= 0.6 is 0 Å². The van der Waals surface area contributed by atoms with Crippen LogP contribution in [0.4, 0.5) is 0 Å². The Kier molecular flexibility index (Phi) is 2.17. The minimum absolute atomic E-state index is 0.312. The van der Waals surface area contributed by atoms with Crippen molar-refractivity contribution in [2.75, 3.05) is 0 Å². The van der Waals surface area contributed by atoms with E-state index in [4.69, 9.17) is 0 Å². The van der Waals surface area contributed by atoms with Crippen LogP contribution in [0.5, 0.6) is 0 Å². The molecule has 1 nitrogen and oxygen atoms in total. The average molecular weight is 151 g/mol. The molecule has 1 unspecified atom stereocenters. The maximum Gasteiger partial charge on any atom is 0.0584 e. The van der Waals surface area contributed by atoms with Crippen LogP contribution < -0.4 is 0 Å². The SMILES string of the molecule is CC1=CC=NC(C(C)(C)C)C1. The molecule has 0 fully saturated rings. The second-order valence-corrected chi connectivity index (χ2v) is 4.40. The fraction of sp³-hybridized carbons (Fsp3) is 0.700. The van der Waals surface area contributed by atoms with E-state index in [0.29, 0.717) is 11.5 Å². The molecule has 1 rings (SSSR count). The number of hydrogen-bond donors (Lipinski definition) is 0. The molecule has 0 spiro atoms. The molecule has 1 atom stereocenters. The highest BCUT2D eigenvalue weighted by molar-refractivity contribution is 5.73. The molecule has 0 saturated heterocycles. The Bertz CT molecular complexity index is 193. The van der Waals surface area contributed by atoms with E-state index in [0.717, 1.165) is 6.42 Å². The van der Waals surface area contributed by atoms with Crippen LogP contribution in [0.2, 0.25) is 0 Å². The van der Waals surface area contributed by atoms with Crippen molar-refractivity contribution in [1.29, 1.82) is 0 Å². The molecule has 1 aliphatic rings. The summed E-state index contributed by atoms with van der Waals surface area (Å²) in [4.78, 5) is 4.45. The van der Waals surface area contributed by atoms with Crippen molar-refractivity contribution >= 4 is 6.21 Å². The van der Waals surface area contributed by atoms with Gasteiger partial charge < -0.3 is 0 Å². The summed E-state index contributed by atoms with van der Waals surface area (Å²) >= 11 is 0. The molecule has 0 N–H and O–H groups in total. The summed E-state index contributed by atoms with van der Waals surface area (Å²) in [6, 6.07) is 0.479. The van der Waals surface area contributed by atoms with Gasteiger partial charge in [0, 0.05) is 6.21 Å². The van der Waals surface area contributed by atoms with Gasteiger partial charge in [0.1, 0.15) is 0 Å². The number of aliphatic imine (C=N–C) groups is 1. The van der Waals surface area contributed by atoms with Gasteiger partial charge in [0.2, 0.25) is 0 Å². The van der Waals surface area contributed by atoms with Gasteiger partial charge in [-0.15, -0.1) is 0 Å². The van der Waals surface area contributed by atoms with Crippen LogP contribution in [0.25, 0.3) is 0 Å². The molecule has 62 valence electrons. The van der Waals surface area contributed by atoms with Gasteiger partial charge in [-0.1, -0.05) is 26.3 Å². The van der Waals surface area contributed by atoms with Crippen molar-refractivity contribution < 1.29 is 0 Å². The van der Waals surface area contributed by atoms with Crippen LogP contribution in [0.15, 0.2) is 16.6 Å². The molecular weight excluding hydrogens is 134 g/mol. The first kappa shape index (κ1) is 8.51. The fourth-order valence-electron chi connectivity index (χ4n) is 1.23. The van der Waals surface area contributed by atoms with Crippen molar-refractivity contribution in [3.8, 4) is 0 Å². The van der Waals surface area contributed by atoms with Crippen molar-refractivity contribution in [1.82, 2.24) is 0 Å². The van der Waals surface area contributed by atoms with Crippen molar-refractivity contribution in [2.24, 2.45) is 10.4 Å². The van der Waals surface area contributed by atoms with Crippen LogP contribution in [-0.2, 0) is 0 Å². The highest BCUT2D eigenvalue weighted by atomic mass is 14.8. The van der Waals surface area contributed by atoms with Crippen LogP contribution in [-0.4, -0.2) is 12.3 Å². The lowest BCUT2D eigenvalue weighted by Gasteiger charge is -2.29. The topological polar surface area (TPSA) is 12.4 Å². The monoisotopic (exact) mass is 151 g/mol. The molecule has 0 aromatic heterocycles. The summed E-state index contributed by atoms with van der Waals surface area (Å²) in [5.41, 5.74) is 1.76. The molecule has 1 aliphatic heterocycles. The number of allylic oxidation sites excluding steroid dienone is 1. The van der Waals surface area contributed by atoms with Crippen molar-refractivity contribution in [3.63, 3.8) is 0 Å². The largest absolute Gasteiger partial charge is 0.289 e. The summed E-state index contributed by atoms with van der Waals surface area (Å²) < 4.78 is 0. The molecule has 0 aliphatic carbocycles. The van der Waals surface area contributed by atoms with Gasteiger partial charge in [0.15, 0.2) is 0 Å². The molecular formula is C10H17N. The van der Waals surface area contributed by atoms with Crippen LogP contribution in [0.1, 0.15) is 34.1 Å². The maximum absolute atomic E-state index is 4.45. The van der Waals surface area contributed by atoms with Crippen LogP contribution in [0.3, 0.4) is 0 Å². The van der Waals surface area contributed by atoms with Crippen LogP contribution in [0, 0.1) is 5.41 Å². The number of dihydropyridines is 1. The molecule has 0 aromatic rings. The van der Waals surface area contributed by atoms with E-state index in [9.17, 15) is 0 Å². The summed E-state index contributed by atoms with van der Waals surface area (Å²) in [7, 11) is 0. The first-order valence-electron chi connectivity index (χ1n) is 4.19. The third-order valence-corrected chi connectivity index (χ3v) is 2.14. The minimum Gasteiger partial charge on any atom is -0.289 e. The molecule has 0 aromatic carbocycles. The first-order chi connectivity index (χ1) is 5.00. The lowest BCUT2D eigenvalue weighted by molar-refractivity contribution is 0.319. The Hall–Kier alpha value is -0.590. The molecule has 0 radical (unpaired) electrons. The van der Waals surface area contributed by atoms with Gasteiger partial charge >= 0.3 is 0 Å². The Morgan fingerprint density at radius 1 is 1.45 bits per heavy atom. The Labute approximate surface area is 69.2 Å². The quantitative estimate of drug-likeness (QED) is 0.505. The number of rotatable bonds is 0. The maximum atomic E-state index is 4.45. The van der Waals surface area contributed by atoms with E-state index in [1.165, 1.54) is 5.57 Å². The Morgan fingerprint density at radius 2 is 2.09 bits per heavy atom. The fourth-order valence-corrected chi connectivity index (χ4v) is 1.23. The van der Waals surface area contributed by atoms with E-state index in [1.807, 2.05) is 6.21 Å². The van der Waals surface area contributed by atoms with Crippen molar-refractivity contribution in [3.05, 3.63) is 11.6 Å². The van der Waals surface area contributed by atoms with E-state index in [1.54, 1.807) is 0 Å². The Morgan fingerprint density at radius 3 is 2.45 bits per heavy atom. The van der Waals surface area contributed by atoms with Crippen molar-refractivity contribution in [2.45, 2.75) is 40.2 Å². The standard InChI is InChI=1S/C10H17N/c1-8-5-6-11-9(7-8)10(2,3)4/h5-6,9H,7H2,1-4H3. The molecule has 1 heteroatoms. The second-order valence-electron chi connectivity index (χ2n) is 4.40. The van der Waals surface area contributed by atoms with E-state index in [2.05, 4.69) is 38.8 Å².